The van der Waals surface area contributed by atoms with Crippen LogP contribution in [0, 0.1) is 0 Å². The zero-order valence-corrected chi connectivity index (χ0v) is 12.8. The number of carbonyl (C=O) groups is 1. The lowest BCUT2D eigenvalue weighted by Crippen LogP contribution is -2.09. The number of carbonyl (C=O) groups excluding carboxylic acids is 1. The van der Waals surface area contributed by atoms with E-state index in [1.54, 1.807) is 0 Å². The van der Waals surface area contributed by atoms with E-state index in [2.05, 4.69) is 29.6 Å². The quantitative estimate of drug-likeness (QED) is 0.855. The van der Waals surface area contributed by atoms with Crippen molar-refractivity contribution in [3.05, 3.63) is 42.2 Å². The standard InChI is InChI=1S/C16H22N4O/c1-4-16(21)19-15-7-5-6-14(8-15)17-9-13-10-18-20(11-13)12(2)3/h5-8,10-12,17H,4,9H2,1-3H3,(H,19,21). The number of nitrogens with zero attached hydrogens (tertiary/aromatic N) is 2. The van der Waals surface area contributed by atoms with Gasteiger partial charge < -0.3 is 10.6 Å². The fourth-order valence-electron chi connectivity index (χ4n) is 1.91. The summed E-state index contributed by atoms with van der Waals surface area (Å²) in [5.74, 6) is 0.0189. The Labute approximate surface area is 125 Å². The highest BCUT2D eigenvalue weighted by molar-refractivity contribution is 5.90. The molecule has 1 heterocycles. The summed E-state index contributed by atoms with van der Waals surface area (Å²) in [4.78, 5) is 11.4. The molecule has 0 fully saturated rings. The van der Waals surface area contributed by atoms with Crippen LogP contribution < -0.4 is 10.6 Å². The smallest absolute Gasteiger partial charge is 0.224 e. The largest absolute Gasteiger partial charge is 0.381 e. The van der Waals surface area contributed by atoms with Crippen LogP contribution >= 0.6 is 0 Å². The van der Waals surface area contributed by atoms with Gasteiger partial charge in [0, 0.05) is 42.1 Å². The van der Waals surface area contributed by atoms with Crippen molar-refractivity contribution in [3.63, 3.8) is 0 Å². The molecular weight excluding hydrogens is 264 g/mol. The van der Waals surface area contributed by atoms with Crippen LogP contribution in [0.5, 0.6) is 0 Å². The van der Waals surface area contributed by atoms with E-state index in [0.717, 1.165) is 16.9 Å². The highest BCUT2D eigenvalue weighted by Gasteiger charge is 2.03. The average molecular weight is 286 g/mol. The molecule has 0 aliphatic heterocycles. The van der Waals surface area contributed by atoms with Crippen LogP contribution in [0.15, 0.2) is 36.7 Å². The number of hydrogen-bond acceptors (Lipinski definition) is 3. The first-order valence-electron chi connectivity index (χ1n) is 7.25. The predicted molar refractivity (Wildman–Crippen MR) is 85.3 cm³/mol. The van der Waals surface area contributed by atoms with Crippen molar-refractivity contribution >= 4 is 17.3 Å². The maximum atomic E-state index is 11.4. The Bertz CT molecular complexity index is 604. The van der Waals surface area contributed by atoms with Crippen molar-refractivity contribution in [1.82, 2.24) is 9.78 Å². The fourth-order valence-corrected chi connectivity index (χ4v) is 1.91. The van der Waals surface area contributed by atoms with E-state index < -0.39 is 0 Å². The third-order valence-electron chi connectivity index (χ3n) is 3.15. The number of rotatable bonds is 6. The van der Waals surface area contributed by atoms with Crippen molar-refractivity contribution in [1.29, 1.82) is 0 Å². The topological polar surface area (TPSA) is 59.0 Å². The van der Waals surface area contributed by atoms with E-state index in [1.807, 2.05) is 48.3 Å². The van der Waals surface area contributed by atoms with Crippen LogP contribution in [0.1, 0.15) is 38.8 Å². The molecule has 1 aromatic heterocycles. The molecule has 0 bridgehead atoms. The van der Waals surface area contributed by atoms with E-state index in [-0.39, 0.29) is 5.91 Å². The molecule has 1 amide bonds. The maximum absolute atomic E-state index is 11.4. The minimum absolute atomic E-state index is 0.0189. The highest BCUT2D eigenvalue weighted by Crippen LogP contribution is 2.16. The van der Waals surface area contributed by atoms with Gasteiger partial charge in [-0.15, -0.1) is 0 Å². The summed E-state index contributed by atoms with van der Waals surface area (Å²) in [5, 5.41) is 10.5. The molecule has 0 aliphatic rings. The van der Waals surface area contributed by atoms with E-state index >= 15 is 0 Å². The molecule has 2 aromatic rings. The van der Waals surface area contributed by atoms with Gasteiger partial charge >= 0.3 is 0 Å². The molecule has 0 spiro atoms. The Morgan fingerprint density at radius 3 is 2.76 bits per heavy atom. The van der Waals surface area contributed by atoms with Gasteiger partial charge in [0.1, 0.15) is 0 Å². The van der Waals surface area contributed by atoms with Crippen LogP contribution in [-0.2, 0) is 11.3 Å². The van der Waals surface area contributed by atoms with E-state index in [4.69, 9.17) is 0 Å². The summed E-state index contributed by atoms with van der Waals surface area (Å²) in [6.07, 6.45) is 4.39. The van der Waals surface area contributed by atoms with Gasteiger partial charge in [0.15, 0.2) is 0 Å². The summed E-state index contributed by atoms with van der Waals surface area (Å²) in [6.45, 7) is 6.75. The molecule has 0 saturated heterocycles. The second-order valence-electron chi connectivity index (χ2n) is 5.26. The Balaban J connectivity index is 1.96. The van der Waals surface area contributed by atoms with Crippen LogP contribution in [0.25, 0.3) is 0 Å². The Kier molecular flexibility index (Phi) is 4.98. The lowest BCUT2D eigenvalue weighted by atomic mass is 10.2. The first kappa shape index (κ1) is 15.1. The number of amides is 1. The van der Waals surface area contributed by atoms with Gasteiger partial charge in [-0.3, -0.25) is 9.48 Å². The molecule has 21 heavy (non-hydrogen) atoms. The van der Waals surface area contributed by atoms with Gasteiger partial charge in [-0.25, -0.2) is 0 Å². The van der Waals surface area contributed by atoms with Crippen molar-refractivity contribution in [2.75, 3.05) is 10.6 Å². The number of aromatic nitrogens is 2. The lowest BCUT2D eigenvalue weighted by Gasteiger charge is -2.08. The molecule has 112 valence electrons. The molecule has 0 aliphatic carbocycles. The molecule has 2 rings (SSSR count). The Morgan fingerprint density at radius 2 is 2.10 bits per heavy atom. The first-order valence-corrected chi connectivity index (χ1v) is 7.25. The minimum atomic E-state index is 0.0189. The third kappa shape index (κ3) is 4.34. The highest BCUT2D eigenvalue weighted by atomic mass is 16.1. The van der Waals surface area contributed by atoms with Gasteiger partial charge in [-0.05, 0) is 32.0 Å². The van der Waals surface area contributed by atoms with Gasteiger partial charge in [0.2, 0.25) is 5.91 Å². The number of benzene rings is 1. The Hall–Kier alpha value is -2.30. The van der Waals surface area contributed by atoms with Crippen LogP contribution in [-0.4, -0.2) is 15.7 Å². The molecule has 0 atom stereocenters. The maximum Gasteiger partial charge on any atom is 0.224 e. The molecule has 1 aromatic carbocycles. The van der Waals surface area contributed by atoms with Crippen LogP contribution in [0.3, 0.4) is 0 Å². The second kappa shape index (κ2) is 6.92. The molecular formula is C16H22N4O. The normalized spacial score (nSPS) is 10.7. The van der Waals surface area contributed by atoms with Crippen LogP contribution in [0.4, 0.5) is 11.4 Å². The van der Waals surface area contributed by atoms with Crippen LogP contribution in [0.2, 0.25) is 0 Å². The van der Waals surface area contributed by atoms with Crippen molar-refractivity contribution in [2.45, 2.75) is 39.8 Å². The second-order valence-corrected chi connectivity index (χ2v) is 5.26. The van der Waals surface area contributed by atoms with Gasteiger partial charge in [-0.2, -0.15) is 5.10 Å². The van der Waals surface area contributed by atoms with E-state index in [1.165, 1.54) is 0 Å². The zero-order valence-electron chi connectivity index (χ0n) is 12.8. The van der Waals surface area contributed by atoms with Crippen molar-refractivity contribution in [3.8, 4) is 0 Å². The van der Waals surface area contributed by atoms with E-state index in [0.29, 0.717) is 19.0 Å². The monoisotopic (exact) mass is 286 g/mol. The number of anilines is 2. The predicted octanol–water partition coefficient (Wildman–Crippen LogP) is 3.42. The molecule has 0 radical (unpaired) electrons. The minimum Gasteiger partial charge on any atom is -0.381 e. The first-order chi connectivity index (χ1) is 10.1. The number of hydrogen-bond donors (Lipinski definition) is 2. The number of nitrogens with one attached hydrogen (secondary N) is 2. The summed E-state index contributed by atoms with van der Waals surface area (Å²) >= 11 is 0. The average Bonchev–Trinajstić information content (AvgIpc) is 2.94. The lowest BCUT2D eigenvalue weighted by molar-refractivity contribution is -0.115. The van der Waals surface area contributed by atoms with Gasteiger partial charge in [0.25, 0.3) is 0 Å². The molecule has 2 N–H and O–H groups in total. The van der Waals surface area contributed by atoms with Gasteiger partial charge in [0.05, 0.1) is 6.20 Å². The zero-order chi connectivity index (χ0) is 15.2. The van der Waals surface area contributed by atoms with Gasteiger partial charge in [-0.1, -0.05) is 13.0 Å². The summed E-state index contributed by atoms with van der Waals surface area (Å²) in [6, 6.07) is 8.08. The Morgan fingerprint density at radius 1 is 1.33 bits per heavy atom. The SMILES string of the molecule is CCC(=O)Nc1cccc(NCc2cnn(C(C)C)c2)c1. The fraction of sp³-hybridized carbons (Fsp3) is 0.375. The van der Waals surface area contributed by atoms with E-state index in [9.17, 15) is 4.79 Å². The molecule has 0 unspecified atom stereocenters. The summed E-state index contributed by atoms with van der Waals surface area (Å²) in [7, 11) is 0. The third-order valence-corrected chi connectivity index (χ3v) is 3.15. The molecule has 5 nitrogen and oxygen atoms in total. The summed E-state index contributed by atoms with van der Waals surface area (Å²) < 4.78 is 1.94. The molecule has 5 heteroatoms. The summed E-state index contributed by atoms with van der Waals surface area (Å²) in [5.41, 5.74) is 2.91. The van der Waals surface area contributed by atoms with Crippen molar-refractivity contribution in [2.24, 2.45) is 0 Å². The van der Waals surface area contributed by atoms with Crippen molar-refractivity contribution < 1.29 is 4.79 Å². The molecule has 0 saturated carbocycles.